The van der Waals surface area contributed by atoms with Crippen LogP contribution in [-0.2, 0) is 20.9 Å². The van der Waals surface area contributed by atoms with E-state index in [1.165, 1.54) is 16.6 Å². The second-order valence-electron chi connectivity index (χ2n) is 7.50. The largest absolute Gasteiger partial charge is 0.471 e. The predicted octanol–water partition coefficient (Wildman–Crippen LogP) is 2.32. The molecule has 0 aromatic carbocycles. The molecule has 0 bridgehead atoms. The smallest absolute Gasteiger partial charge is 0.423 e. The first kappa shape index (κ1) is 22.7. The van der Waals surface area contributed by atoms with Gasteiger partial charge in [0.25, 0.3) is 10.0 Å². The van der Waals surface area contributed by atoms with Gasteiger partial charge in [-0.15, -0.1) is 0 Å². The van der Waals surface area contributed by atoms with E-state index in [-0.39, 0.29) is 36.7 Å². The zero-order chi connectivity index (χ0) is 22.8. The molecule has 2 aliphatic rings. The lowest BCUT2D eigenvalue weighted by atomic mass is 10.1. The fourth-order valence-electron chi connectivity index (χ4n) is 3.54. The molecule has 2 fully saturated rings. The minimum atomic E-state index is -4.65. The average molecular weight is 473 g/mol. The molecule has 0 aliphatic carbocycles. The number of hydrogen-bond acceptors (Lipinski definition) is 8. The number of rotatable bonds is 6. The van der Waals surface area contributed by atoms with Gasteiger partial charge in [0, 0.05) is 37.9 Å². The van der Waals surface area contributed by atoms with Crippen LogP contribution in [0.25, 0.3) is 0 Å². The van der Waals surface area contributed by atoms with Crippen molar-refractivity contribution in [3.63, 3.8) is 0 Å². The highest BCUT2D eigenvalue weighted by molar-refractivity contribution is 7.89. The minimum absolute atomic E-state index is 0.00190. The van der Waals surface area contributed by atoms with Gasteiger partial charge in [0.1, 0.15) is 11.7 Å². The van der Waals surface area contributed by atoms with Crippen LogP contribution in [0.1, 0.15) is 24.8 Å². The number of anilines is 1. The highest BCUT2D eigenvalue weighted by Crippen LogP contribution is 2.36. The number of halogens is 3. The normalized spacial score (nSPS) is 20.9. The third-order valence-corrected chi connectivity index (χ3v) is 7.07. The summed E-state index contributed by atoms with van der Waals surface area (Å²) in [6.45, 7) is 1.09. The molecule has 0 saturated carbocycles. The number of nitrogens with one attached hydrogen (secondary N) is 1. The van der Waals surface area contributed by atoms with Crippen molar-refractivity contribution in [2.24, 2.45) is 0 Å². The van der Waals surface area contributed by atoms with E-state index in [4.69, 9.17) is 9.47 Å². The molecule has 1 atom stereocenters. The molecule has 0 unspecified atom stereocenters. The lowest BCUT2D eigenvalue weighted by Crippen LogP contribution is -2.42. The summed E-state index contributed by atoms with van der Waals surface area (Å²) >= 11 is 0. The number of aromatic nitrogens is 3. The topological polar surface area (TPSA) is 107 Å². The molecule has 9 nitrogen and oxygen atoms in total. The van der Waals surface area contributed by atoms with E-state index in [9.17, 15) is 21.6 Å². The highest BCUT2D eigenvalue weighted by Gasteiger charge is 2.38. The Morgan fingerprint density at radius 3 is 2.56 bits per heavy atom. The fourth-order valence-corrected chi connectivity index (χ4v) is 4.94. The summed E-state index contributed by atoms with van der Waals surface area (Å²) in [5, 5.41) is 2.98. The van der Waals surface area contributed by atoms with Crippen LogP contribution >= 0.6 is 0 Å². The van der Waals surface area contributed by atoms with E-state index in [2.05, 4.69) is 20.3 Å². The second-order valence-corrected chi connectivity index (χ2v) is 9.39. The maximum atomic E-state index is 13.3. The Morgan fingerprint density at radius 1 is 1.16 bits per heavy atom. The van der Waals surface area contributed by atoms with Crippen LogP contribution in [0.5, 0.6) is 5.88 Å². The summed E-state index contributed by atoms with van der Waals surface area (Å²) in [7, 11) is -3.69. The Kier molecular flexibility index (Phi) is 6.49. The van der Waals surface area contributed by atoms with E-state index >= 15 is 0 Å². The van der Waals surface area contributed by atoms with Crippen LogP contribution in [0.4, 0.5) is 19.1 Å². The third-order valence-electron chi connectivity index (χ3n) is 5.25. The predicted molar refractivity (Wildman–Crippen MR) is 107 cm³/mol. The first-order chi connectivity index (χ1) is 15.2. The minimum Gasteiger partial charge on any atom is -0.471 e. The quantitative estimate of drug-likeness (QED) is 0.682. The molecule has 2 saturated heterocycles. The van der Waals surface area contributed by atoms with Crippen molar-refractivity contribution in [1.82, 2.24) is 19.3 Å². The number of piperidine rings is 1. The van der Waals surface area contributed by atoms with E-state index < -0.39 is 33.7 Å². The van der Waals surface area contributed by atoms with Gasteiger partial charge in [-0.05, 0) is 25.0 Å². The SMILES string of the molecule is O=S(=O)(c1ccccn1)N1CCC(Nc2ncc(C(F)(F)F)c(O[C@H]3CCOC3)n2)CC1. The van der Waals surface area contributed by atoms with Crippen LogP contribution in [0, 0.1) is 0 Å². The van der Waals surface area contributed by atoms with Crippen molar-refractivity contribution >= 4 is 16.0 Å². The molecule has 0 amide bonds. The summed E-state index contributed by atoms with van der Waals surface area (Å²) < 4.78 is 77.3. The number of nitrogens with zero attached hydrogens (tertiary/aromatic N) is 4. The van der Waals surface area contributed by atoms with Crippen molar-refractivity contribution in [3.8, 4) is 5.88 Å². The maximum absolute atomic E-state index is 13.3. The number of hydrogen-bond donors (Lipinski definition) is 1. The zero-order valence-corrected chi connectivity index (χ0v) is 17.8. The van der Waals surface area contributed by atoms with Crippen LogP contribution < -0.4 is 10.1 Å². The van der Waals surface area contributed by atoms with Crippen molar-refractivity contribution in [2.45, 2.75) is 42.6 Å². The van der Waals surface area contributed by atoms with Gasteiger partial charge in [-0.1, -0.05) is 6.07 Å². The van der Waals surface area contributed by atoms with Crippen LogP contribution in [0.2, 0.25) is 0 Å². The monoisotopic (exact) mass is 473 g/mol. The van der Waals surface area contributed by atoms with Crippen LogP contribution in [0.3, 0.4) is 0 Å². The van der Waals surface area contributed by atoms with Crippen molar-refractivity contribution in [2.75, 3.05) is 31.6 Å². The summed E-state index contributed by atoms with van der Waals surface area (Å²) in [5.74, 6) is -0.543. The molecule has 13 heteroatoms. The number of pyridine rings is 1. The molecule has 4 rings (SSSR count). The van der Waals surface area contributed by atoms with E-state index in [1.807, 2.05) is 0 Å². The van der Waals surface area contributed by atoms with Gasteiger partial charge >= 0.3 is 6.18 Å². The molecule has 2 aromatic rings. The Balaban J connectivity index is 1.42. The maximum Gasteiger partial charge on any atom is 0.423 e. The van der Waals surface area contributed by atoms with Crippen LogP contribution in [0.15, 0.2) is 35.6 Å². The fraction of sp³-hybridized carbons (Fsp3) is 0.526. The molecular formula is C19H22F3N5O4S. The highest BCUT2D eigenvalue weighted by atomic mass is 32.2. The Hall–Kier alpha value is -2.51. The molecule has 2 aromatic heterocycles. The van der Waals surface area contributed by atoms with Gasteiger partial charge in [0.2, 0.25) is 11.8 Å². The van der Waals surface area contributed by atoms with Gasteiger partial charge in [-0.3, -0.25) is 0 Å². The lowest BCUT2D eigenvalue weighted by molar-refractivity contribution is -0.139. The first-order valence-corrected chi connectivity index (χ1v) is 11.5. The lowest BCUT2D eigenvalue weighted by Gasteiger charge is -2.31. The van der Waals surface area contributed by atoms with Crippen molar-refractivity contribution < 1.29 is 31.1 Å². The molecule has 2 aliphatic heterocycles. The Morgan fingerprint density at radius 2 is 1.94 bits per heavy atom. The van der Waals surface area contributed by atoms with E-state index in [0.29, 0.717) is 32.1 Å². The molecule has 174 valence electrons. The van der Waals surface area contributed by atoms with Crippen molar-refractivity contribution in [1.29, 1.82) is 0 Å². The average Bonchev–Trinajstić information content (AvgIpc) is 3.27. The summed E-state index contributed by atoms with van der Waals surface area (Å²) in [5.41, 5.74) is -1.05. The number of sulfonamides is 1. The summed E-state index contributed by atoms with van der Waals surface area (Å²) in [6.07, 6.45) is -1.70. The summed E-state index contributed by atoms with van der Waals surface area (Å²) in [6, 6.07) is 4.47. The summed E-state index contributed by atoms with van der Waals surface area (Å²) in [4.78, 5) is 11.7. The van der Waals surface area contributed by atoms with Gasteiger partial charge in [0.15, 0.2) is 5.03 Å². The number of alkyl halides is 3. The standard InChI is InChI=1S/C19H22F3N5O4S/c20-19(21,22)15-11-24-18(26-17(15)31-14-6-10-30-12-14)25-13-4-8-27(9-5-13)32(28,29)16-3-1-2-7-23-16/h1-3,7,11,13-14H,4-6,8-10,12H2,(H,24,25,26)/t14-/m0/s1. The molecule has 0 radical (unpaired) electrons. The molecule has 4 heterocycles. The number of ether oxygens (including phenoxy) is 2. The van der Waals surface area contributed by atoms with Gasteiger partial charge in [-0.2, -0.15) is 22.5 Å². The molecule has 32 heavy (non-hydrogen) atoms. The second kappa shape index (κ2) is 9.16. The van der Waals surface area contributed by atoms with Crippen molar-refractivity contribution in [3.05, 3.63) is 36.2 Å². The molecule has 1 N–H and O–H groups in total. The van der Waals surface area contributed by atoms with E-state index in [1.54, 1.807) is 12.1 Å². The zero-order valence-electron chi connectivity index (χ0n) is 17.0. The molecular weight excluding hydrogens is 451 g/mol. The van der Waals surface area contributed by atoms with E-state index in [0.717, 1.165) is 0 Å². The third kappa shape index (κ3) is 5.10. The Labute approximate surface area is 183 Å². The van der Waals surface area contributed by atoms with Gasteiger partial charge < -0.3 is 14.8 Å². The van der Waals surface area contributed by atoms with Gasteiger partial charge in [0.05, 0.1) is 13.2 Å². The van der Waals surface area contributed by atoms with Gasteiger partial charge in [-0.25, -0.2) is 18.4 Å². The Bertz CT molecular complexity index is 1030. The first-order valence-electron chi connectivity index (χ1n) is 10.1. The van der Waals surface area contributed by atoms with Crippen LogP contribution in [-0.4, -0.2) is 66.1 Å². The molecule has 0 spiro atoms.